The smallest absolute Gasteiger partial charge is 0.412 e. The Labute approximate surface area is 166 Å². The second-order valence-electron chi connectivity index (χ2n) is 7.13. The van der Waals surface area contributed by atoms with E-state index in [0.717, 1.165) is 0 Å². The molecule has 0 aliphatic carbocycles. The van der Waals surface area contributed by atoms with Crippen LogP contribution in [0.5, 0.6) is 11.5 Å². The predicted molar refractivity (Wildman–Crippen MR) is 109 cm³/mol. The highest BCUT2D eigenvalue weighted by Crippen LogP contribution is 2.28. The van der Waals surface area contributed by atoms with Crippen molar-refractivity contribution in [2.24, 2.45) is 0 Å². The number of rotatable bonds is 4. The average molecular weight is 398 g/mol. The fraction of sp³-hybridized carbons (Fsp3) is 0.286. The Morgan fingerprint density at radius 2 is 1.31 bits per heavy atom. The molecule has 3 rings (SSSR count). The molecule has 2 N–H and O–H groups in total. The Hall–Kier alpha value is -3.55. The maximum absolute atomic E-state index is 12.4. The average Bonchev–Trinajstić information content (AvgIpc) is 2.60. The molecule has 29 heavy (non-hydrogen) atoms. The molecule has 0 saturated heterocycles. The normalized spacial score (nSPS) is 11.1. The number of fused-ring (bicyclic) bond motifs is 3. The summed E-state index contributed by atoms with van der Waals surface area (Å²) < 4.78 is 15.8. The van der Waals surface area contributed by atoms with Gasteiger partial charge in [-0.3, -0.25) is 0 Å². The summed E-state index contributed by atoms with van der Waals surface area (Å²) >= 11 is 0. The van der Waals surface area contributed by atoms with Crippen LogP contribution in [0.2, 0.25) is 0 Å². The highest BCUT2D eigenvalue weighted by atomic mass is 16.6. The Morgan fingerprint density at radius 1 is 0.793 bits per heavy atom. The van der Waals surface area contributed by atoms with Gasteiger partial charge in [0.1, 0.15) is 17.1 Å². The van der Waals surface area contributed by atoms with E-state index in [1.54, 1.807) is 24.3 Å². The van der Waals surface area contributed by atoms with Crippen LogP contribution in [0.25, 0.3) is 21.7 Å². The Bertz CT molecular complexity index is 1130. The van der Waals surface area contributed by atoms with E-state index in [1.807, 2.05) is 27.7 Å². The van der Waals surface area contributed by atoms with Gasteiger partial charge in [0.05, 0.1) is 5.39 Å². The van der Waals surface area contributed by atoms with Gasteiger partial charge in [-0.2, -0.15) is 0 Å². The van der Waals surface area contributed by atoms with Crippen LogP contribution >= 0.6 is 0 Å². The molecule has 2 aromatic carbocycles. The second-order valence-corrected chi connectivity index (χ2v) is 7.13. The molecule has 8 heteroatoms. The van der Waals surface area contributed by atoms with Crippen molar-refractivity contribution in [1.29, 1.82) is 0 Å². The van der Waals surface area contributed by atoms with Crippen LogP contribution in [0.3, 0.4) is 0 Å². The van der Waals surface area contributed by atoms with Crippen LogP contribution in [0.4, 0.5) is 9.59 Å². The number of ether oxygens (including phenoxy) is 2. The number of carbonyl (C=O) groups is 2. The summed E-state index contributed by atoms with van der Waals surface area (Å²) in [6, 6.07) is 9.39. The van der Waals surface area contributed by atoms with E-state index in [2.05, 4.69) is 10.6 Å². The van der Waals surface area contributed by atoms with Crippen molar-refractivity contribution < 1.29 is 23.5 Å². The van der Waals surface area contributed by atoms with Gasteiger partial charge in [-0.1, -0.05) is 0 Å². The molecule has 0 aliphatic rings. The predicted octanol–water partition coefficient (Wildman–Crippen LogP) is 3.94. The standard InChI is InChI=1S/C21H22N2O6/c1-11(2)22-20(25)27-13-5-7-15-16-8-6-14(28-21(26)23-12(3)4)10-18(16)29-19(24)17(15)9-13/h5-12H,1-4H3,(H,22,25)(H,23,26). The SMILES string of the molecule is CC(C)NC(=O)Oc1ccc2c(c1)oc(=O)c1cc(OC(=O)NC(C)C)ccc12. The Balaban J connectivity index is 1.94. The van der Waals surface area contributed by atoms with Crippen LogP contribution in [-0.4, -0.2) is 24.3 Å². The Morgan fingerprint density at radius 3 is 1.86 bits per heavy atom. The summed E-state index contributed by atoms with van der Waals surface area (Å²) in [4.78, 5) is 36.0. The quantitative estimate of drug-likeness (QED) is 0.509. The summed E-state index contributed by atoms with van der Waals surface area (Å²) in [7, 11) is 0. The second kappa shape index (κ2) is 8.22. The Kier molecular flexibility index (Phi) is 5.72. The van der Waals surface area contributed by atoms with E-state index in [0.29, 0.717) is 10.8 Å². The first-order chi connectivity index (χ1) is 13.7. The zero-order chi connectivity index (χ0) is 21.1. The largest absolute Gasteiger partial charge is 0.422 e. The number of carbonyl (C=O) groups excluding carboxylic acids is 2. The van der Waals surface area contributed by atoms with Gasteiger partial charge in [0.25, 0.3) is 0 Å². The van der Waals surface area contributed by atoms with Crippen molar-refractivity contribution in [3.8, 4) is 11.5 Å². The lowest BCUT2D eigenvalue weighted by Crippen LogP contribution is -2.32. The maximum Gasteiger partial charge on any atom is 0.412 e. The fourth-order valence-electron chi connectivity index (χ4n) is 2.76. The molecular weight excluding hydrogens is 376 g/mol. The first-order valence-electron chi connectivity index (χ1n) is 9.20. The van der Waals surface area contributed by atoms with Gasteiger partial charge in [0.2, 0.25) is 0 Å². The number of benzene rings is 2. The molecule has 0 aliphatic heterocycles. The van der Waals surface area contributed by atoms with Gasteiger partial charge >= 0.3 is 17.8 Å². The van der Waals surface area contributed by atoms with Crippen molar-refractivity contribution in [1.82, 2.24) is 10.6 Å². The van der Waals surface area contributed by atoms with Gasteiger partial charge in [-0.25, -0.2) is 14.4 Å². The number of amides is 2. The van der Waals surface area contributed by atoms with Gasteiger partial charge in [0.15, 0.2) is 0 Å². The lowest BCUT2D eigenvalue weighted by Gasteiger charge is -2.11. The summed E-state index contributed by atoms with van der Waals surface area (Å²) in [5.41, 5.74) is -0.311. The van der Waals surface area contributed by atoms with E-state index >= 15 is 0 Å². The van der Waals surface area contributed by atoms with Gasteiger partial charge in [0, 0.05) is 28.9 Å². The van der Waals surface area contributed by atoms with E-state index < -0.39 is 17.8 Å². The van der Waals surface area contributed by atoms with E-state index in [4.69, 9.17) is 13.9 Å². The summed E-state index contributed by atoms with van der Waals surface area (Å²) in [6.45, 7) is 7.26. The molecule has 2 amide bonds. The minimum absolute atomic E-state index is 0.0659. The molecule has 3 aromatic rings. The monoisotopic (exact) mass is 398 g/mol. The molecule has 0 bridgehead atoms. The topological polar surface area (TPSA) is 107 Å². The molecule has 0 unspecified atom stereocenters. The van der Waals surface area contributed by atoms with Crippen molar-refractivity contribution in [3.05, 3.63) is 46.8 Å². The first-order valence-corrected chi connectivity index (χ1v) is 9.20. The van der Waals surface area contributed by atoms with Gasteiger partial charge in [-0.15, -0.1) is 0 Å². The molecule has 0 atom stereocenters. The third-order valence-electron chi connectivity index (χ3n) is 3.89. The van der Waals surface area contributed by atoms with Gasteiger partial charge in [-0.05, 0) is 58.0 Å². The van der Waals surface area contributed by atoms with Crippen LogP contribution in [0.15, 0.2) is 45.6 Å². The third kappa shape index (κ3) is 4.84. The third-order valence-corrected chi connectivity index (χ3v) is 3.89. The molecule has 1 aromatic heterocycles. The van der Waals surface area contributed by atoms with Crippen molar-refractivity contribution in [3.63, 3.8) is 0 Å². The number of hydrogen-bond acceptors (Lipinski definition) is 6. The zero-order valence-corrected chi connectivity index (χ0v) is 16.6. The van der Waals surface area contributed by atoms with E-state index in [9.17, 15) is 14.4 Å². The molecule has 0 spiro atoms. The fourth-order valence-corrected chi connectivity index (χ4v) is 2.76. The van der Waals surface area contributed by atoms with E-state index in [1.165, 1.54) is 12.1 Å². The first kappa shape index (κ1) is 20.2. The molecule has 0 fully saturated rings. The molecule has 0 saturated carbocycles. The van der Waals surface area contributed by atoms with Crippen LogP contribution in [0, 0.1) is 0 Å². The molecule has 152 valence electrons. The molecule has 1 heterocycles. The van der Waals surface area contributed by atoms with Crippen LogP contribution < -0.4 is 25.7 Å². The van der Waals surface area contributed by atoms with Crippen molar-refractivity contribution >= 4 is 33.9 Å². The highest BCUT2D eigenvalue weighted by molar-refractivity contribution is 6.05. The minimum atomic E-state index is -0.606. The summed E-state index contributed by atoms with van der Waals surface area (Å²) in [6.07, 6.45) is -1.20. The molecular formula is C21H22N2O6. The van der Waals surface area contributed by atoms with Crippen molar-refractivity contribution in [2.45, 2.75) is 39.8 Å². The summed E-state index contributed by atoms with van der Waals surface area (Å²) in [5.74, 6) is 0.482. The minimum Gasteiger partial charge on any atom is -0.422 e. The van der Waals surface area contributed by atoms with Gasteiger partial charge < -0.3 is 24.5 Å². The van der Waals surface area contributed by atoms with Crippen LogP contribution in [0.1, 0.15) is 27.7 Å². The summed E-state index contributed by atoms with van der Waals surface area (Å²) in [5, 5.41) is 6.79. The zero-order valence-electron chi connectivity index (χ0n) is 16.6. The van der Waals surface area contributed by atoms with Crippen LogP contribution in [-0.2, 0) is 0 Å². The lowest BCUT2D eigenvalue weighted by atomic mass is 10.1. The highest BCUT2D eigenvalue weighted by Gasteiger charge is 2.13. The molecule has 0 radical (unpaired) electrons. The number of nitrogens with one attached hydrogen (secondary N) is 2. The van der Waals surface area contributed by atoms with Crippen molar-refractivity contribution in [2.75, 3.05) is 0 Å². The number of hydrogen-bond donors (Lipinski definition) is 2. The lowest BCUT2D eigenvalue weighted by molar-refractivity contribution is 0.196. The molecule has 8 nitrogen and oxygen atoms in total. The maximum atomic E-state index is 12.4. The van der Waals surface area contributed by atoms with E-state index in [-0.39, 0.29) is 34.6 Å².